The van der Waals surface area contributed by atoms with Gasteiger partial charge in [0.05, 0.1) is 0 Å². The van der Waals surface area contributed by atoms with Crippen LogP contribution in [-0.2, 0) is 4.79 Å². The summed E-state index contributed by atoms with van der Waals surface area (Å²) in [6, 6.07) is 0. The number of halogens is 3. The molecular weight excluding hydrogens is 505 g/mol. The summed E-state index contributed by atoms with van der Waals surface area (Å²) >= 11 is 0. The van der Waals surface area contributed by atoms with Crippen LogP contribution in [0.25, 0.3) is 0 Å². The van der Waals surface area contributed by atoms with Crippen LogP contribution in [0.15, 0.2) is 6.58 Å². The van der Waals surface area contributed by atoms with Crippen molar-refractivity contribution in [1.29, 1.82) is 0 Å². The number of nitrogens with one attached hydrogen (secondary N) is 1. The normalized spacial score (nSPS) is 29.7. The Hall–Kier alpha value is 0.0519. The van der Waals surface area contributed by atoms with Crippen LogP contribution in [-0.4, -0.2) is 17.6 Å². The van der Waals surface area contributed by atoms with E-state index in [1.807, 2.05) is 0 Å². The first kappa shape index (κ1) is 21.1. The van der Waals surface area contributed by atoms with Crippen LogP contribution in [0.1, 0.15) is 39.5 Å². The molecule has 6 heteroatoms. The Morgan fingerprint density at radius 3 is 2.29 bits per heavy atom. The average Bonchev–Trinajstić information content (AvgIpc) is 2.90. The van der Waals surface area contributed by atoms with E-state index < -0.39 is 17.6 Å². The van der Waals surface area contributed by atoms with E-state index in [-0.39, 0.29) is 43.5 Å². The molecule has 0 aromatic heterocycles. The predicted molar refractivity (Wildman–Crippen MR) is 71.4 cm³/mol. The summed E-state index contributed by atoms with van der Waals surface area (Å²) in [7, 11) is 0. The maximum atomic E-state index is 13.1. The van der Waals surface area contributed by atoms with Gasteiger partial charge in [-0.05, 0) is 19.3 Å². The number of alkyl halides is 3. The van der Waals surface area contributed by atoms with Gasteiger partial charge in [0.25, 0.3) is 0 Å². The molecule has 2 aliphatic rings. The summed E-state index contributed by atoms with van der Waals surface area (Å²) in [5.74, 6) is 0.336. The SMILES string of the molecule is CC(=O)NC(C)(CC1CC2[CH-]CC1C2)C(F)(F)F.[CH-]=C.[U+2]. The monoisotopic (exact) mass is 527 g/mol. The average molecular weight is 527 g/mol. The minimum Gasteiger partial charge on any atom is -0.521 e. The topological polar surface area (TPSA) is 29.1 Å². The molecule has 0 heterocycles. The summed E-state index contributed by atoms with van der Waals surface area (Å²) in [6.45, 7) is 9.24. The second kappa shape index (κ2) is 8.06. The zero-order chi connectivity index (χ0) is 15.6. The molecule has 0 aliphatic heterocycles. The van der Waals surface area contributed by atoms with E-state index in [1.54, 1.807) is 0 Å². The van der Waals surface area contributed by atoms with Gasteiger partial charge in [-0.2, -0.15) is 25.5 Å². The van der Waals surface area contributed by atoms with Crippen molar-refractivity contribution in [3.05, 3.63) is 19.6 Å². The fraction of sp³-hybridized carbons (Fsp3) is 0.733. The largest absolute Gasteiger partial charge is 2.00 e. The maximum Gasteiger partial charge on any atom is 2.00 e. The molecule has 2 fully saturated rings. The Labute approximate surface area is 148 Å². The van der Waals surface area contributed by atoms with Gasteiger partial charge in [-0.25, -0.2) is 0 Å². The van der Waals surface area contributed by atoms with Gasteiger partial charge in [0.2, 0.25) is 5.91 Å². The summed E-state index contributed by atoms with van der Waals surface area (Å²) in [5.41, 5.74) is -2.09. The molecule has 0 aromatic rings. The van der Waals surface area contributed by atoms with Gasteiger partial charge in [-0.3, -0.25) is 11.4 Å². The van der Waals surface area contributed by atoms with Gasteiger partial charge in [-0.15, -0.1) is 0 Å². The van der Waals surface area contributed by atoms with Crippen molar-refractivity contribution < 1.29 is 49.1 Å². The Morgan fingerprint density at radius 1 is 1.38 bits per heavy atom. The van der Waals surface area contributed by atoms with Crippen molar-refractivity contribution in [1.82, 2.24) is 5.32 Å². The third-order valence-electron chi connectivity index (χ3n) is 4.40. The summed E-state index contributed by atoms with van der Waals surface area (Å²) in [4.78, 5) is 11.0. The smallest absolute Gasteiger partial charge is 0.521 e. The molecular formula is C15H22F3NOU. The molecule has 4 atom stereocenters. The summed E-state index contributed by atoms with van der Waals surface area (Å²) in [5, 5.41) is 2.11. The molecule has 2 bridgehead atoms. The second-order valence-corrected chi connectivity index (χ2v) is 5.94. The van der Waals surface area contributed by atoms with Crippen LogP contribution in [0.3, 0.4) is 0 Å². The van der Waals surface area contributed by atoms with E-state index in [0.717, 1.165) is 33.1 Å². The quantitative estimate of drug-likeness (QED) is 0.558. The molecule has 0 saturated heterocycles. The standard InChI is InChI=1S/C13H19F3NO.C2H3.U/c1-8(18)17-12(2,13(14,15)16)7-11-6-9-3-4-10(11)5-9;1-2;/h3,9-11H,4-7H2,1-2H3,(H,17,18);1H,2H2;/q2*-1;+2. The van der Waals surface area contributed by atoms with Gasteiger partial charge in [0.15, 0.2) is 0 Å². The van der Waals surface area contributed by atoms with E-state index in [9.17, 15) is 18.0 Å². The van der Waals surface area contributed by atoms with Gasteiger partial charge < -0.3 is 18.3 Å². The van der Waals surface area contributed by atoms with E-state index in [2.05, 4.69) is 24.9 Å². The minimum atomic E-state index is -4.40. The number of fused-ring (bicyclic) bond motifs is 2. The Balaban J connectivity index is 0.00000128. The van der Waals surface area contributed by atoms with Crippen LogP contribution in [0.5, 0.6) is 0 Å². The molecule has 1 amide bonds. The number of rotatable bonds is 3. The molecule has 2 rings (SSSR count). The third kappa shape index (κ3) is 5.03. The predicted octanol–water partition coefficient (Wildman–Crippen LogP) is 3.69. The van der Waals surface area contributed by atoms with E-state index in [4.69, 9.17) is 0 Å². The van der Waals surface area contributed by atoms with E-state index in [1.165, 1.54) is 0 Å². The van der Waals surface area contributed by atoms with Crippen LogP contribution >= 0.6 is 0 Å². The third-order valence-corrected chi connectivity index (χ3v) is 4.40. The second-order valence-electron chi connectivity index (χ2n) is 5.94. The van der Waals surface area contributed by atoms with Crippen molar-refractivity contribution in [2.24, 2.45) is 17.8 Å². The van der Waals surface area contributed by atoms with Crippen LogP contribution in [0, 0.1) is 61.9 Å². The number of carbonyl (C=O) groups is 1. The molecule has 0 spiro atoms. The number of amides is 1. The summed E-state index contributed by atoms with van der Waals surface area (Å²) < 4.78 is 39.4. The summed E-state index contributed by atoms with van der Waals surface area (Å²) in [6.07, 6.45) is 0.637. The fourth-order valence-corrected chi connectivity index (χ4v) is 3.51. The minimum absolute atomic E-state index is 0. The first-order valence-corrected chi connectivity index (χ1v) is 6.81. The molecule has 2 aliphatic carbocycles. The Morgan fingerprint density at radius 2 is 1.95 bits per heavy atom. The number of carbonyl (C=O) groups excluding carboxylic acids is 1. The van der Waals surface area contributed by atoms with Crippen LogP contribution < -0.4 is 5.32 Å². The van der Waals surface area contributed by atoms with Crippen molar-refractivity contribution in [2.75, 3.05) is 0 Å². The Bertz CT molecular complexity index is 361. The number of hydrogen-bond donors (Lipinski definition) is 1. The van der Waals surface area contributed by atoms with Crippen molar-refractivity contribution in [3.63, 3.8) is 0 Å². The number of hydrogen-bond acceptors (Lipinski definition) is 1. The Kier molecular flexibility index (Phi) is 8.08. The van der Waals surface area contributed by atoms with E-state index in [0.29, 0.717) is 11.8 Å². The molecule has 118 valence electrons. The van der Waals surface area contributed by atoms with E-state index >= 15 is 0 Å². The van der Waals surface area contributed by atoms with Crippen molar-refractivity contribution in [2.45, 2.75) is 51.2 Å². The molecule has 1 N–H and O–H groups in total. The molecule has 2 saturated carbocycles. The first-order valence-electron chi connectivity index (χ1n) is 6.81. The zero-order valence-corrected chi connectivity index (χ0v) is 16.6. The van der Waals surface area contributed by atoms with Crippen LogP contribution in [0.4, 0.5) is 13.2 Å². The maximum absolute atomic E-state index is 13.1. The van der Waals surface area contributed by atoms with Crippen molar-refractivity contribution >= 4 is 5.91 Å². The molecule has 0 aromatic carbocycles. The van der Waals surface area contributed by atoms with Gasteiger partial charge in [-0.1, -0.05) is 18.8 Å². The van der Waals surface area contributed by atoms with Gasteiger partial charge in [0.1, 0.15) is 5.54 Å². The molecule has 2 nitrogen and oxygen atoms in total. The molecule has 21 heavy (non-hydrogen) atoms. The molecule has 0 radical (unpaired) electrons. The van der Waals surface area contributed by atoms with Crippen LogP contribution in [0.2, 0.25) is 0 Å². The fourth-order valence-electron chi connectivity index (χ4n) is 3.51. The van der Waals surface area contributed by atoms with Gasteiger partial charge in [0, 0.05) is 6.92 Å². The molecule has 4 unspecified atom stereocenters. The van der Waals surface area contributed by atoms with Gasteiger partial charge >= 0.3 is 37.3 Å². The first-order chi connectivity index (χ1) is 9.21. The van der Waals surface area contributed by atoms with Crippen molar-refractivity contribution in [3.8, 4) is 0 Å². The zero-order valence-electron chi connectivity index (χ0n) is 12.5.